The summed E-state index contributed by atoms with van der Waals surface area (Å²) in [5.74, 6) is 0.480. The fraction of sp³-hybridized carbons (Fsp3) is 0.250. The largest absolute Gasteiger partial charge is 0.492 e. The summed E-state index contributed by atoms with van der Waals surface area (Å²) in [6, 6.07) is 5.15. The molecule has 0 aliphatic carbocycles. The number of methoxy groups -OCH3 is 1. The third kappa shape index (κ3) is 5.33. The second-order valence-corrected chi connectivity index (χ2v) is 10.8. The zero-order valence-corrected chi connectivity index (χ0v) is 21.4. The normalized spacial score (nSPS) is 14.4. The molecule has 0 saturated carbocycles. The molecule has 5 rings (SSSR count). The summed E-state index contributed by atoms with van der Waals surface area (Å²) in [6.07, 6.45) is 7.32. The number of aromatic nitrogens is 1. The molecule has 1 saturated heterocycles. The molecule has 1 aromatic carbocycles. The Morgan fingerprint density at radius 1 is 1.30 bits per heavy atom. The van der Waals surface area contributed by atoms with Crippen molar-refractivity contribution >= 4 is 55.7 Å². The maximum atomic E-state index is 13.1. The highest BCUT2D eigenvalue weighted by molar-refractivity contribution is 7.94. The Kier molecular flexibility index (Phi) is 7.17. The van der Waals surface area contributed by atoms with Gasteiger partial charge < -0.3 is 28.5 Å². The number of ether oxygens (including phenoxy) is 2. The quantitative estimate of drug-likeness (QED) is 0.304. The van der Waals surface area contributed by atoms with E-state index in [2.05, 4.69) is 19.9 Å². The molecule has 4 aromatic rings. The van der Waals surface area contributed by atoms with Crippen LogP contribution in [0.1, 0.15) is 11.3 Å². The SMILES string of the molecule is COc1c(/C=C/C(=O)NCc2ccco2)c(NS(=O)(=O)c2nccs2)cc2c(N3CCOCC3)coc12. The Balaban J connectivity index is 1.55. The van der Waals surface area contributed by atoms with E-state index in [1.807, 2.05) is 0 Å². The second-order valence-electron chi connectivity index (χ2n) is 8.00. The van der Waals surface area contributed by atoms with E-state index in [9.17, 15) is 13.2 Å². The minimum atomic E-state index is -3.99. The summed E-state index contributed by atoms with van der Waals surface area (Å²) in [7, 11) is -2.54. The number of sulfonamides is 1. The van der Waals surface area contributed by atoms with Crippen molar-refractivity contribution in [2.24, 2.45) is 0 Å². The lowest BCUT2D eigenvalue weighted by Crippen LogP contribution is -2.36. The number of furan rings is 2. The van der Waals surface area contributed by atoms with Crippen molar-refractivity contribution in [3.8, 4) is 5.75 Å². The van der Waals surface area contributed by atoms with Gasteiger partial charge in [0, 0.05) is 41.7 Å². The molecular weight excluding hydrogens is 520 g/mol. The number of amides is 1. The van der Waals surface area contributed by atoms with E-state index in [0.717, 1.165) is 17.0 Å². The van der Waals surface area contributed by atoms with Crippen LogP contribution in [0.25, 0.3) is 17.0 Å². The molecule has 0 spiro atoms. The lowest BCUT2D eigenvalue weighted by molar-refractivity contribution is -0.116. The van der Waals surface area contributed by atoms with Crippen LogP contribution in [-0.2, 0) is 26.1 Å². The zero-order valence-electron chi connectivity index (χ0n) is 19.8. The van der Waals surface area contributed by atoms with Gasteiger partial charge in [0.15, 0.2) is 11.3 Å². The third-order valence-electron chi connectivity index (χ3n) is 5.70. The molecule has 1 fully saturated rings. The fourth-order valence-corrected chi connectivity index (χ4v) is 5.88. The van der Waals surface area contributed by atoms with Crippen molar-refractivity contribution in [1.29, 1.82) is 0 Å². The molecule has 13 heteroatoms. The third-order valence-corrected chi connectivity index (χ3v) is 8.26. The maximum absolute atomic E-state index is 13.1. The molecule has 11 nitrogen and oxygen atoms in total. The smallest absolute Gasteiger partial charge is 0.289 e. The molecule has 0 bridgehead atoms. The Morgan fingerprint density at radius 3 is 2.84 bits per heavy atom. The highest BCUT2D eigenvalue weighted by atomic mass is 32.2. The lowest BCUT2D eigenvalue weighted by atomic mass is 10.1. The number of anilines is 2. The van der Waals surface area contributed by atoms with E-state index in [0.29, 0.717) is 48.6 Å². The van der Waals surface area contributed by atoms with Crippen LogP contribution in [0, 0.1) is 0 Å². The lowest BCUT2D eigenvalue weighted by Gasteiger charge is -2.27. The molecule has 1 aliphatic rings. The van der Waals surface area contributed by atoms with Gasteiger partial charge in [0.2, 0.25) is 10.2 Å². The minimum Gasteiger partial charge on any atom is -0.492 e. The highest BCUT2D eigenvalue weighted by Crippen LogP contribution is 2.42. The molecule has 2 N–H and O–H groups in total. The fourth-order valence-electron chi connectivity index (χ4n) is 3.98. The van der Waals surface area contributed by atoms with Crippen LogP contribution >= 0.6 is 11.3 Å². The van der Waals surface area contributed by atoms with Crippen molar-refractivity contribution < 1.29 is 31.5 Å². The van der Waals surface area contributed by atoms with Crippen LogP contribution < -0.4 is 19.7 Å². The number of thiazole rings is 1. The van der Waals surface area contributed by atoms with Crippen molar-refractivity contribution in [3.05, 3.63) is 59.7 Å². The van der Waals surface area contributed by atoms with Crippen LogP contribution in [0.5, 0.6) is 5.75 Å². The standard InChI is InChI=1S/C24H24N4O7S2/c1-32-22-17(4-5-21(29)26-14-16-3-2-9-34-16)19(27-37(30,31)24-25-6-12-36-24)13-18-20(15-35-23(18)22)28-7-10-33-11-8-28/h2-6,9,12-13,15,27H,7-8,10-11,14H2,1H3,(H,26,29)/b5-4+. The molecule has 1 amide bonds. The van der Waals surface area contributed by atoms with Gasteiger partial charge in [0.1, 0.15) is 12.0 Å². The molecule has 0 radical (unpaired) electrons. The second kappa shape index (κ2) is 10.7. The van der Waals surface area contributed by atoms with Crippen LogP contribution in [0.4, 0.5) is 11.4 Å². The van der Waals surface area contributed by atoms with Gasteiger partial charge in [-0.25, -0.2) is 4.98 Å². The van der Waals surface area contributed by atoms with Gasteiger partial charge in [-0.1, -0.05) is 0 Å². The first kappa shape index (κ1) is 24.9. The van der Waals surface area contributed by atoms with Crippen molar-refractivity contribution in [2.75, 3.05) is 43.0 Å². The average Bonchev–Trinajstić information content (AvgIpc) is 3.68. The van der Waals surface area contributed by atoms with Crippen molar-refractivity contribution in [3.63, 3.8) is 0 Å². The summed E-state index contributed by atoms with van der Waals surface area (Å²) in [6.45, 7) is 2.67. The number of carbonyl (C=O) groups excluding carboxylic acids is 1. The van der Waals surface area contributed by atoms with E-state index in [1.54, 1.807) is 29.8 Å². The van der Waals surface area contributed by atoms with Crippen molar-refractivity contribution in [1.82, 2.24) is 10.3 Å². The number of hydrogen-bond donors (Lipinski definition) is 2. The monoisotopic (exact) mass is 544 g/mol. The van der Waals surface area contributed by atoms with Crippen LogP contribution in [0.2, 0.25) is 0 Å². The first-order chi connectivity index (χ1) is 18.0. The molecule has 194 valence electrons. The van der Waals surface area contributed by atoms with Crippen molar-refractivity contribution in [2.45, 2.75) is 10.9 Å². The molecule has 0 atom stereocenters. The number of morpholine rings is 1. The van der Waals surface area contributed by atoms with Gasteiger partial charge in [-0.3, -0.25) is 9.52 Å². The molecule has 37 heavy (non-hydrogen) atoms. The predicted molar refractivity (Wildman–Crippen MR) is 138 cm³/mol. The number of benzene rings is 1. The van der Waals surface area contributed by atoms with Gasteiger partial charge in [-0.2, -0.15) is 8.42 Å². The summed E-state index contributed by atoms with van der Waals surface area (Å²) in [5.41, 5.74) is 1.76. The first-order valence-corrected chi connectivity index (χ1v) is 13.7. The maximum Gasteiger partial charge on any atom is 0.289 e. The van der Waals surface area contributed by atoms with E-state index >= 15 is 0 Å². The highest BCUT2D eigenvalue weighted by Gasteiger charge is 2.25. The Morgan fingerprint density at radius 2 is 2.14 bits per heavy atom. The number of hydrogen-bond acceptors (Lipinski definition) is 10. The van der Waals surface area contributed by atoms with Gasteiger partial charge >= 0.3 is 0 Å². The van der Waals surface area contributed by atoms with Gasteiger partial charge in [-0.05, 0) is 24.3 Å². The first-order valence-electron chi connectivity index (χ1n) is 11.3. The molecular formula is C24H24N4O7S2. The molecule has 0 unspecified atom stereocenters. The van der Waals surface area contributed by atoms with E-state index in [-0.39, 0.29) is 22.3 Å². The number of nitrogens with one attached hydrogen (secondary N) is 2. The van der Waals surface area contributed by atoms with Gasteiger partial charge in [0.05, 0.1) is 44.5 Å². The molecule has 4 heterocycles. The van der Waals surface area contributed by atoms with E-state index in [1.165, 1.54) is 31.7 Å². The average molecular weight is 545 g/mol. The van der Waals surface area contributed by atoms with Crippen LogP contribution in [-0.4, -0.2) is 52.7 Å². The summed E-state index contributed by atoms with van der Waals surface area (Å²) in [5, 5.41) is 4.96. The molecule has 3 aromatic heterocycles. The summed E-state index contributed by atoms with van der Waals surface area (Å²) in [4.78, 5) is 18.5. The number of rotatable bonds is 9. The number of fused-ring (bicyclic) bond motifs is 1. The Bertz CT molecular complexity index is 1500. The van der Waals surface area contributed by atoms with E-state index in [4.69, 9.17) is 18.3 Å². The minimum absolute atomic E-state index is 0.0849. The Labute approximate surface area is 216 Å². The van der Waals surface area contributed by atoms with Crippen LogP contribution in [0.3, 0.4) is 0 Å². The number of nitrogens with zero attached hydrogens (tertiary/aromatic N) is 2. The Hall–Kier alpha value is -3.81. The zero-order chi connectivity index (χ0) is 25.8. The summed E-state index contributed by atoms with van der Waals surface area (Å²) >= 11 is 0.995. The topological polar surface area (TPSA) is 136 Å². The van der Waals surface area contributed by atoms with Gasteiger partial charge in [-0.15, -0.1) is 11.3 Å². The van der Waals surface area contributed by atoms with Gasteiger partial charge in [0.25, 0.3) is 10.0 Å². The number of carbonyl (C=O) groups is 1. The van der Waals surface area contributed by atoms with Crippen LogP contribution in [0.15, 0.2) is 61.6 Å². The predicted octanol–water partition coefficient (Wildman–Crippen LogP) is 3.46. The summed E-state index contributed by atoms with van der Waals surface area (Å²) < 4.78 is 50.9. The molecule has 1 aliphatic heterocycles. The van der Waals surface area contributed by atoms with E-state index < -0.39 is 15.9 Å².